The van der Waals surface area contributed by atoms with Crippen LogP contribution in [0.1, 0.15) is 50.4 Å². The molecule has 0 N–H and O–H groups in total. The molecule has 5 nitrogen and oxygen atoms in total. The Morgan fingerprint density at radius 1 is 1.38 bits per heavy atom. The number of esters is 1. The number of rotatable bonds is 3. The van der Waals surface area contributed by atoms with Gasteiger partial charge in [-0.2, -0.15) is 0 Å². The molecule has 0 spiro atoms. The van der Waals surface area contributed by atoms with E-state index in [2.05, 4.69) is 33.5 Å². The van der Waals surface area contributed by atoms with Gasteiger partial charge in [-0.3, -0.25) is 9.47 Å². The van der Waals surface area contributed by atoms with E-state index >= 15 is 0 Å². The summed E-state index contributed by atoms with van der Waals surface area (Å²) < 4.78 is 7.55. The maximum atomic E-state index is 12.9. The molecule has 136 valence electrons. The Hall–Kier alpha value is -2.14. The Balaban J connectivity index is 1.85. The second-order valence-electron chi connectivity index (χ2n) is 7.70. The molecule has 26 heavy (non-hydrogen) atoms. The number of aromatic nitrogens is 2. The van der Waals surface area contributed by atoms with E-state index in [-0.39, 0.29) is 11.4 Å². The lowest BCUT2D eigenvalue weighted by molar-refractivity contribution is -0.136. The molecule has 1 fully saturated rings. The van der Waals surface area contributed by atoms with E-state index in [4.69, 9.17) is 4.74 Å². The molecule has 2 aromatic rings. The molecule has 3 aliphatic rings. The van der Waals surface area contributed by atoms with Crippen molar-refractivity contribution >= 4 is 22.7 Å². The Bertz CT molecular complexity index is 929. The van der Waals surface area contributed by atoms with Crippen molar-refractivity contribution in [1.82, 2.24) is 14.5 Å². The summed E-state index contributed by atoms with van der Waals surface area (Å²) in [5.74, 6) is -0.230. The van der Waals surface area contributed by atoms with Gasteiger partial charge in [0.25, 0.3) is 0 Å². The lowest BCUT2D eigenvalue weighted by Crippen LogP contribution is -2.51. The van der Waals surface area contributed by atoms with Crippen LogP contribution < -0.4 is 0 Å². The van der Waals surface area contributed by atoms with E-state index in [9.17, 15) is 4.79 Å². The lowest BCUT2D eigenvalue weighted by Gasteiger charge is -2.53. The minimum absolute atomic E-state index is 0.0138. The van der Waals surface area contributed by atoms with Crippen LogP contribution in [0, 0.1) is 5.41 Å². The first-order valence-electron chi connectivity index (χ1n) is 9.83. The van der Waals surface area contributed by atoms with Gasteiger partial charge in [-0.1, -0.05) is 6.92 Å². The third kappa shape index (κ3) is 1.95. The van der Waals surface area contributed by atoms with Gasteiger partial charge in [0.1, 0.15) is 11.3 Å². The van der Waals surface area contributed by atoms with Crippen molar-refractivity contribution in [3.63, 3.8) is 0 Å². The van der Waals surface area contributed by atoms with Crippen molar-refractivity contribution in [2.75, 3.05) is 19.7 Å². The predicted molar refractivity (Wildman–Crippen MR) is 101 cm³/mol. The molecule has 1 saturated heterocycles. The van der Waals surface area contributed by atoms with Crippen molar-refractivity contribution < 1.29 is 9.53 Å². The number of nitrogens with zero attached hydrogens (tertiary/aromatic N) is 3. The van der Waals surface area contributed by atoms with Crippen molar-refractivity contribution in [3.8, 4) is 0 Å². The number of carbonyl (C=O) groups is 1. The maximum Gasteiger partial charge on any atom is 0.355 e. The molecular formula is C21H25N3O2. The lowest BCUT2D eigenvalue weighted by atomic mass is 9.66. The summed E-state index contributed by atoms with van der Waals surface area (Å²) in [5.41, 5.74) is 4.24. The zero-order valence-electron chi connectivity index (χ0n) is 15.5. The molecule has 0 unspecified atom stereocenters. The summed E-state index contributed by atoms with van der Waals surface area (Å²) in [6.45, 7) is 6.75. The van der Waals surface area contributed by atoms with Crippen LogP contribution >= 0.6 is 0 Å². The van der Waals surface area contributed by atoms with E-state index in [1.807, 2.05) is 19.2 Å². The average Bonchev–Trinajstić information content (AvgIpc) is 3.02. The topological polar surface area (TPSA) is 47.4 Å². The van der Waals surface area contributed by atoms with Gasteiger partial charge in [-0.05, 0) is 62.9 Å². The van der Waals surface area contributed by atoms with Crippen LogP contribution in [0.25, 0.3) is 16.7 Å². The van der Waals surface area contributed by atoms with Gasteiger partial charge in [0.05, 0.1) is 12.6 Å². The normalized spacial score (nSPS) is 27.2. The van der Waals surface area contributed by atoms with Crippen LogP contribution in [0.5, 0.6) is 0 Å². The SMILES string of the molecule is CCOC(=O)C1=C[C@]2(CC)CCCN3CCc4c(n1c1ncccc41)[C@@H]32. The van der Waals surface area contributed by atoms with Gasteiger partial charge in [-0.25, -0.2) is 9.78 Å². The number of hydrogen-bond donors (Lipinski definition) is 0. The van der Waals surface area contributed by atoms with Crippen LogP contribution in [-0.4, -0.2) is 40.1 Å². The van der Waals surface area contributed by atoms with Crippen molar-refractivity contribution in [2.45, 2.75) is 45.6 Å². The minimum Gasteiger partial charge on any atom is -0.461 e. The second-order valence-corrected chi connectivity index (χ2v) is 7.70. The molecule has 0 amide bonds. The fourth-order valence-corrected chi connectivity index (χ4v) is 5.49. The van der Waals surface area contributed by atoms with Crippen LogP contribution in [-0.2, 0) is 16.0 Å². The number of carbonyl (C=O) groups excluding carboxylic acids is 1. The smallest absolute Gasteiger partial charge is 0.355 e. The minimum atomic E-state index is -0.230. The highest BCUT2D eigenvalue weighted by Gasteiger charge is 2.51. The van der Waals surface area contributed by atoms with Gasteiger partial charge >= 0.3 is 5.97 Å². The molecular weight excluding hydrogens is 326 g/mol. The predicted octanol–water partition coefficient (Wildman–Crippen LogP) is 3.54. The largest absolute Gasteiger partial charge is 0.461 e. The number of pyridine rings is 1. The van der Waals surface area contributed by atoms with Crippen LogP contribution in [0.2, 0.25) is 0 Å². The van der Waals surface area contributed by atoms with Crippen LogP contribution in [0.4, 0.5) is 0 Å². The first kappa shape index (κ1) is 16.1. The molecule has 5 heterocycles. The molecule has 5 heteroatoms. The molecule has 2 atom stereocenters. The molecule has 3 aliphatic heterocycles. The zero-order chi connectivity index (χ0) is 17.9. The monoisotopic (exact) mass is 351 g/mol. The van der Waals surface area contributed by atoms with E-state index in [0.29, 0.717) is 18.3 Å². The Labute approximate surface area is 153 Å². The first-order chi connectivity index (χ1) is 12.7. The first-order valence-corrected chi connectivity index (χ1v) is 9.83. The fraction of sp³-hybridized carbons (Fsp3) is 0.524. The Kier molecular flexibility index (Phi) is 3.51. The average molecular weight is 351 g/mol. The summed E-state index contributed by atoms with van der Waals surface area (Å²) in [6, 6.07) is 4.49. The van der Waals surface area contributed by atoms with Crippen LogP contribution in [0.3, 0.4) is 0 Å². The van der Waals surface area contributed by atoms with Crippen molar-refractivity contribution in [2.24, 2.45) is 5.41 Å². The fourth-order valence-electron chi connectivity index (χ4n) is 5.49. The second kappa shape index (κ2) is 5.68. The number of fused-ring (bicyclic) bond motifs is 3. The van der Waals surface area contributed by atoms with Crippen molar-refractivity contribution in [3.05, 3.63) is 35.7 Å². The summed E-state index contributed by atoms with van der Waals surface area (Å²) in [5, 5.41) is 1.19. The third-order valence-corrected chi connectivity index (χ3v) is 6.59. The molecule has 0 saturated carbocycles. The molecule has 0 bridgehead atoms. The summed E-state index contributed by atoms with van der Waals surface area (Å²) in [6.07, 6.45) is 8.41. The standard InChI is InChI=1S/C21H25N3O2/c1-3-21-9-6-11-23-12-8-14-15-7-5-10-22-19(15)24(17(14)18(21)23)16(13-21)20(25)26-4-2/h5,7,10,13,18H,3-4,6,8-9,11-12H2,1-2H3/t18-,21+/m1/s1. The van der Waals surface area contributed by atoms with Gasteiger partial charge < -0.3 is 4.74 Å². The number of hydrogen-bond acceptors (Lipinski definition) is 4. The zero-order valence-corrected chi connectivity index (χ0v) is 15.5. The molecule has 0 aromatic carbocycles. The van der Waals surface area contributed by atoms with Gasteiger partial charge in [0.2, 0.25) is 0 Å². The highest BCUT2D eigenvalue weighted by molar-refractivity contribution is 6.13. The van der Waals surface area contributed by atoms with Gasteiger partial charge in [0, 0.05) is 29.2 Å². The van der Waals surface area contributed by atoms with Gasteiger partial charge in [-0.15, -0.1) is 0 Å². The molecule has 2 aromatic heterocycles. The van der Waals surface area contributed by atoms with E-state index < -0.39 is 0 Å². The van der Waals surface area contributed by atoms with E-state index in [1.165, 1.54) is 23.1 Å². The van der Waals surface area contributed by atoms with Gasteiger partial charge in [0.15, 0.2) is 0 Å². The summed E-state index contributed by atoms with van der Waals surface area (Å²) in [4.78, 5) is 20.2. The van der Waals surface area contributed by atoms with Crippen LogP contribution in [0.15, 0.2) is 24.4 Å². The molecule has 0 radical (unpaired) electrons. The maximum absolute atomic E-state index is 12.9. The van der Waals surface area contributed by atoms with E-state index in [1.54, 1.807) is 0 Å². The highest BCUT2D eigenvalue weighted by atomic mass is 16.5. The quantitative estimate of drug-likeness (QED) is 0.794. The highest BCUT2D eigenvalue weighted by Crippen LogP contribution is 2.56. The van der Waals surface area contributed by atoms with E-state index in [0.717, 1.165) is 38.0 Å². The molecule has 0 aliphatic carbocycles. The van der Waals surface area contributed by atoms with Crippen molar-refractivity contribution in [1.29, 1.82) is 0 Å². The third-order valence-electron chi connectivity index (χ3n) is 6.59. The number of ether oxygens (including phenoxy) is 1. The number of piperidine rings is 1. The molecule has 5 rings (SSSR count). The Morgan fingerprint density at radius 3 is 3.08 bits per heavy atom. The summed E-state index contributed by atoms with van der Waals surface area (Å²) >= 11 is 0. The Morgan fingerprint density at radius 2 is 2.27 bits per heavy atom. The summed E-state index contributed by atoms with van der Waals surface area (Å²) in [7, 11) is 0.